The molecule has 0 saturated carbocycles. The minimum absolute atomic E-state index is 0.0241. The van der Waals surface area contributed by atoms with E-state index in [1.165, 1.54) is 24.3 Å². The molecule has 1 atom stereocenters. The lowest BCUT2D eigenvalue weighted by Gasteiger charge is -2.16. The number of amides is 1. The van der Waals surface area contributed by atoms with E-state index in [0.717, 1.165) is 53.7 Å². The van der Waals surface area contributed by atoms with Gasteiger partial charge in [-0.2, -0.15) is 0 Å². The summed E-state index contributed by atoms with van der Waals surface area (Å²) in [6.45, 7) is 2.14. The van der Waals surface area contributed by atoms with Crippen LogP contribution in [0, 0.1) is 35.8 Å². The van der Waals surface area contributed by atoms with Gasteiger partial charge in [0.05, 0.1) is 21.8 Å². The number of allylic oxidation sites excluding steroid dienone is 2. The van der Waals surface area contributed by atoms with Crippen molar-refractivity contribution in [2.45, 2.75) is 44.8 Å². The van der Waals surface area contributed by atoms with Gasteiger partial charge in [-0.15, -0.1) is 6.42 Å². The number of rotatable bonds is 0. The number of nitrogens with two attached hydrogens (primary N) is 1. The zero-order chi connectivity index (χ0) is 40.3. The van der Waals surface area contributed by atoms with Gasteiger partial charge in [-0.3, -0.25) is 23.5 Å². The van der Waals surface area contributed by atoms with Crippen molar-refractivity contribution >= 4 is 55.8 Å². The molecule has 0 radical (unpaired) electrons. The van der Waals surface area contributed by atoms with Gasteiger partial charge in [-0.1, -0.05) is 58.0 Å². The lowest BCUT2D eigenvalue weighted by Crippen LogP contribution is -2.40. The molecule has 3 aliphatic heterocycles. The molecule has 1 fully saturated rings. The summed E-state index contributed by atoms with van der Waals surface area (Å²) < 4.78 is 29.8. The molecule has 286 valence electrons. The fourth-order valence-electron chi connectivity index (χ4n) is 6.10. The van der Waals surface area contributed by atoms with Crippen molar-refractivity contribution in [3.05, 3.63) is 162 Å². The van der Waals surface area contributed by atoms with Crippen LogP contribution in [0.25, 0.3) is 34.0 Å². The molecule has 0 bridgehead atoms. The molecule has 4 aromatic carbocycles. The molecule has 0 spiro atoms. The first kappa shape index (κ1) is 40.2. The summed E-state index contributed by atoms with van der Waals surface area (Å²) in [6, 6.07) is 23.1. The predicted molar refractivity (Wildman–Crippen MR) is 224 cm³/mol. The monoisotopic (exact) mass is 826 g/mol. The van der Waals surface area contributed by atoms with Crippen LogP contribution in [0.15, 0.2) is 111 Å². The largest absolute Gasteiger partial charge is 0.356 e. The van der Waals surface area contributed by atoms with E-state index in [1.807, 2.05) is 42.5 Å². The first-order chi connectivity index (χ1) is 27.6. The number of carbonyl (C=O) groups is 1. The van der Waals surface area contributed by atoms with E-state index in [2.05, 4.69) is 49.0 Å². The maximum absolute atomic E-state index is 13.2. The van der Waals surface area contributed by atoms with E-state index in [1.54, 1.807) is 51.6 Å². The Morgan fingerprint density at radius 1 is 0.737 bits per heavy atom. The van der Waals surface area contributed by atoms with Gasteiger partial charge in [0.15, 0.2) is 0 Å². The van der Waals surface area contributed by atoms with Gasteiger partial charge in [0.2, 0.25) is 5.91 Å². The number of nitrogens with one attached hydrogen (secondary N) is 1. The van der Waals surface area contributed by atoms with Crippen LogP contribution >= 0.6 is 15.9 Å². The van der Waals surface area contributed by atoms with Crippen LogP contribution in [-0.2, 0) is 17.9 Å². The Balaban J connectivity index is 0.000000142. The van der Waals surface area contributed by atoms with Crippen molar-refractivity contribution in [3.63, 3.8) is 0 Å². The van der Waals surface area contributed by atoms with Gasteiger partial charge < -0.3 is 11.1 Å². The SMILES string of the molecule is C#Cc1cccc(F)c1.NC1CCNC(=O)C1.O=c1c2ccc(Br)cc2nc2n1CCC=C2.O=c1c2ccc(C#Cc3cccc(F)c3)cc2nc2n1CCC=C2. The summed E-state index contributed by atoms with van der Waals surface area (Å²) in [4.78, 5) is 44.2. The molecule has 9 nitrogen and oxygen atoms in total. The molecule has 3 N–H and O–H groups in total. The minimum atomic E-state index is -0.312. The molecule has 57 heavy (non-hydrogen) atoms. The van der Waals surface area contributed by atoms with Crippen molar-refractivity contribution in [1.29, 1.82) is 0 Å². The summed E-state index contributed by atoms with van der Waals surface area (Å²) in [6.07, 6.45) is 16.0. The Labute approximate surface area is 336 Å². The third-order valence-electron chi connectivity index (χ3n) is 8.96. The van der Waals surface area contributed by atoms with Crippen LogP contribution in [0.2, 0.25) is 0 Å². The number of nitrogens with zero attached hydrogens (tertiary/aromatic N) is 4. The van der Waals surface area contributed by atoms with Gasteiger partial charge in [-0.05, 0) is 104 Å². The van der Waals surface area contributed by atoms with Crippen LogP contribution in [0.3, 0.4) is 0 Å². The Hall–Kier alpha value is -6.47. The zero-order valence-electron chi connectivity index (χ0n) is 30.7. The number of hydrogen-bond acceptors (Lipinski definition) is 6. The highest BCUT2D eigenvalue weighted by molar-refractivity contribution is 9.10. The van der Waals surface area contributed by atoms with E-state index in [9.17, 15) is 23.2 Å². The van der Waals surface area contributed by atoms with Crippen molar-refractivity contribution in [2.75, 3.05) is 6.54 Å². The average Bonchev–Trinajstić information content (AvgIpc) is 3.21. The van der Waals surface area contributed by atoms with Gasteiger partial charge in [0, 0.05) is 53.3 Å². The van der Waals surface area contributed by atoms with Gasteiger partial charge >= 0.3 is 0 Å². The third-order valence-corrected chi connectivity index (χ3v) is 9.45. The highest BCUT2D eigenvalue weighted by Gasteiger charge is 2.14. The maximum Gasteiger partial charge on any atom is 0.261 e. The smallest absolute Gasteiger partial charge is 0.261 e. The van der Waals surface area contributed by atoms with Crippen molar-refractivity contribution < 1.29 is 13.6 Å². The molecule has 9 rings (SSSR count). The number of piperidine rings is 1. The van der Waals surface area contributed by atoms with Crippen LogP contribution < -0.4 is 22.2 Å². The number of aromatic nitrogens is 4. The van der Waals surface area contributed by atoms with Crippen molar-refractivity contribution in [3.8, 4) is 24.2 Å². The molecule has 1 unspecified atom stereocenters. The molecular weight excluding hydrogens is 790 g/mol. The fraction of sp³-hybridized carbons (Fsp3) is 0.178. The molecule has 0 aliphatic carbocycles. The average molecular weight is 828 g/mol. The molecule has 3 aliphatic rings. The second kappa shape index (κ2) is 18.9. The molecular formula is C45H37BrF2N6O3. The van der Waals surface area contributed by atoms with Crippen LogP contribution in [0.4, 0.5) is 8.78 Å². The topological polar surface area (TPSA) is 125 Å². The van der Waals surface area contributed by atoms with Crippen molar-refractivity contribution in [2.24, 2.45) is 5.73 Å². The van der Waals surface area contributed by atoms with Gasteiger partial charge in [0.25, 0.3) is 11.1 Å². The molecule has 5 heterocycles. The first-order valence-electron chi connectivity index (χ1n) is 18.2. The summed E-state index contributed by atoms with van der Waals surface area (Å²) in [5.41, 5.74) is 8.79. The van der Waals surface area contributed by atoms with E-state index >= 15 is 0 Å². The summed E-state index contributed by atoms with van der Waals surface area (Å²) in [5, 5.41) is 3.96. The van der Waals surface area contributed by atoms with E-state index in [4.69, 9.17) is 12.2 Å². The Bertz CT molecular complexity index is 2760. The lowest BCUT2D eigenvalue weighted by atomic mass is 10.1. The highest BCUT2D eigenvalue weighted by atomic mass is 79.9. The second-order valence-corrected chi connectivity index (χ2v) is 14.1. The molecule has 1 amide bonds. The van der Waals surface area contributed by atoms with Gasteiger partial charge in [0.1, 0.15) is 23.3 Å². The third kappa shape index (κ3) is 10.6. The number of hydrogen-bond donors (Lipinski definition) is 2. The quantitative estimate of drug-likeness (QED) is 0.160. The Morgan fingerprint density at radius 3 is 1.81 bits per heavy atom. The zero-order valence-corrected chi connectivity index (χ0v) is 32.3. The van der Waals surface area contributed by atoms with Gasteiger partial charge in [-0.25, -0.2) is 18.7 Å². The van der Waals surface area contributed by atoms with Crippen LogP contribution in [0.1, 0.15) is 54.0 Å². The molecule has 2 aromatic heterocycles. The summed E-state index contributed by atoms with van der Waals surface area (Å²) >= 11 is 3.39. The second-order valence-electron chi connectivity index (χ2n) is 13.1. The van der Waals surface area contributed by atoms with E-state index < -0.39 is 0 Å². The number of benzene rings is 4. The maximum atomic E-state index is 13.2. The Morgan fingerprint density at radius 2 is 1.28 bits per heavy atom. The molecule has 1 saturated heterocycles. The normalized spacial score (nSPS) is 14.7. The first-order valence-corrected chi connectivity index (χ1v) is 19.0. The fourth-order valence-corrected chi connectivity index (χ4v) is 6.45. The summed E-state index contributed by atoms with van der Waals surface area (Å²) in [5.74, 6) is 9.17. The number of fused-ring (bicyclic) bond motifs is 4. The minimum Gasteiger partial charge on any atom is -0.356 e. The number of halogens is 3. The predicted octanol–water partition coefficient (Wildman–Crippen LogP) is 6.96. The van der Waals surface area contributed by atoms with Crippen LogP contribution in [-0.4, -0.2) is 37.6 Å². The number of carbonyl (C=O) groups excluding carboxylic acids is 1. The lowest BCUT2D eigenvalue weighted by molar-refractivity contribution is -0.122. The van der Waals surface area contributed by atoms with E-state index in [-0.39, 0.29) is 34.7 Å². The molecule has 6 aromatic rings. The Kier molecular flexibility index (Phi) is 13.3. The summed E-state index contributed by atoms with van der Waals surface area (Å²) in [7, 11) is 0. The highest BCUT2D eigenvalue weighted by Crippen LogP contribution is 2.18. The number of terminal acetylenes is 1. The van der Waals surface area contributed by atoms with Crippen LogP contribution in [0.5, 0.6) is 0 Å². The van der Waals surface area contributed by atoms with Crippen molar-refractivity contribution in [1.82, 2.24) is 24.4 Å². The molecule has 12 heteroatoms. The van der Waals surface area contributed by atoms with E-state index in [0.29, 0.717) is 46.2 Å². The standard InChI is InChI=1S/C20H13FN2O.C12H9BrN2O.C8H5F.C5H10N2O/c21-16-5-3-4-14(12-16)7-8-15-9-10-17-18(13-15)22-19-6-1-2-11-23(19)20(17)24;13-8-4-5-9-10(7-8)14-11-3-1-2-6-15(11)12(9)16;1-2-7-4-3-5-8(9)6-7;6-4-1-2-7-5(8)3-4/h1,3-6,9-10,12-13H,2,11H2;1,3-5,7H,2,6H2;1,3-6H;4H,1-3,6H2,(H,7,8).